The summed E-state index contributed by atoms with van der Waals surface area (Å²) in [6, 6.07) is -3.15. The molecule has 1 fully saturated rings. The zero-order valence-electron chi connectivity index (χ0n) is 13.0. The van der Waals surface area contributed by atoms with Crippen LogP contribution in [0.3, 0.4) is 0 Å². The van der Waals surface area contributed by atoms with E-state index in [4.69, 9.17) is 4.55 Å². The van der Waals surface area contributed by atoms with Gasteiger partial charge in [0.25, 0.3) is 5.91 Å². The minimum absolute atomic E-state index is 0. The summed E-state index contributed by atoms with van der Waals surface area (Å²) < 4.78 is 36.3. The van der Waals surface area contributed by atoms with E-state index >= 15 is 0 Å². The molecule has 1 saturated heterocycles. The van der Waals surface area contributed by atoms with E-state index in [0.29, 0.717) is 0 Å². The largest absolute Gasteiger partial charge is 1.00 e. The molecule has 0 bridgehead atoms. The van der Waals surface area contributed by atoms with E-state index in [1.54, 1.807) is 0 Å². The van der Waals surface area contributed by atoms with Crippen molar-refractivity contribution in [2.45, 2.75) is 18.6 Å². The maximum atomic E-state index is 11.7. The minimum atomic E-state index is -4.94. The van der Waals surface area contributed by atoms with Crippen LogP contribution in [0.1, 0.15) is 1.43 Å². The van der Waals surface area contributed by atoms with Gasteiger partial charge < -0.3 is 11.5 Å². The van der Waals surface area contributed by atoms with Crippen LogP contribution in [0.4, 0.5) is 0 Å². The summed E-state index contributed by atoms with van der Waals surface area (Å²) in [5.74, 6) is -3.01. The molecular formula is C8H11N6NaO7S. The molecule has 0 aromatic carbocycles. The number of hydrogen-bond acceptors (Lipinski definition) is 9. The predicted octanol–water partition coefficient (Wildman–Crippen LogP) is -6.54. The fraction of sp³-hybridized carbons (Fsp3) is 0.500. The number of carbonyl (C=O) groups excluding carboxylic acids is 3. The van der Waals surface area contributed by atoms with E-state index in [-0.39, 0.29) is 41.8 Å². The monoisotopic (exact) mass is 358 g/mol. The van der Waals surface area contributed by atoms with Crippen LogP contribution in [0.15, 0.2) is 6.33 Å². The van der Waals surface area contributed by atoms with Crippen molar-refractivity contribution in [1.82, 2.24) is 29.8 Å². The first kappa shape index (κ1) is 19.4. The van der Waals surface area contributed by atoms with E-state index in [0.717, 1.165) is 18.1 Å². The Kier molecular flexibility index (Phi) is 6.18. The maximum absolute atomic E-state index is 11.7. The van der Waals surface area contributed by atoms with Crippen molar-refractivity contribution in [2.75, 3.05) is 7.11 Å². The predicted molar refractivity (Wildman–Crippen MR) is 65.1 cm³/mol. The van der Waals surface area contributed by atoms with Gasteiger partial charge in [0.1, 0.15) is 18.9 Å². The Bertz CT molecular complexity index is 713. The number of nitrogens with zero attached hydrogens (tertiary/aromatic N) is 5. The third-order valence-electron chi connectivity index (χ3n) is 2.76. The topological polar surface area (TPSA) is 174 Å². The molecule has 0 radical (unpaired) electrons. The van der Waals surface area contributed by atoms with Gasteiger partial charge in [0.15, 0.2) is 6.04 Å². The molecule has 1 aliphatic rings. The molecule has 1 aromatic heterocycles. The van der Waals surface area contributed by atoms with Crippen molar-refractivity contribution in [3.05, 3.63) is 6.33 Å². The first-order valence-electron chi connectivity index (χ1n) is 5.64. The number of carbonyl (C=O) groups is 3. The third-order valence-corrected chi connectivity index (χ3v) is 3.66. The molecule has 0 aliphatic carbocycles. The molecule has 2 rings (SSSR count). The molecule has 0 saturated carbocycles. The first-order chi connectivity index (χ1) is 10.3. The second-order valence-electron chi connectivity index (χ2n) is 4.13. The Morgan fingerprint density at radius 2 is 2.17 bits per heavy atom. The maximum Gasteiger partial charge on any atom is 1.00 e. The van der Waals surface area contributed by atoms with Crippen molar-refractivity contribution in [1.29, 1.82) is 0 Å². The van der Waals surface area contributed by atoms with Crippen LogP contribution in [0, 0.1) is 0 Å². The Morgan fingerprint density at radius 3 is 2.65 bits per heavy atom. The average molecular weight is 358 g/mol. The summed E-state index contributed by atoms with van der Waals surface area (Å²) in [5, 5.41) is 12.2. The second-order valence-corrected chi connectivity index (χ2v) is 5.42. The van der Waals surface area contributed by atoms with E-state index < -0.39 is 40.2 Å². The van der Waals surface area contributed by atoms with Crippen molar-refractivity contribution in [2.24, 2.45) is 0 Å². The normalized spacial score (nSPS) is 20.3. The number of nitrogens with one attached hydrogen (secondary N) is 1. The number of aromatic nitrogens is 4. The fourth-order valence-corrected chi connectivity index (χ4v) is 2.67. The second kappa shape index (κ2) is 7.31. The van der Waals surface area contributed by atoms with Crippen LogP contribution in [0.5, 0.6) is 0 Å². The summed E-state index contributed by atoms with van der Waals surface area (Å²) in [7, 11) is -3.98. The Hall–Kier alpha value is -1.61. The van der Waals surface area contributed by atoms with Crippen molar-refractivity contribution in [3.8, 4) is 0 Å². The number of hydrogen-bond donors (Lipinski definition) is 2. The molecule has 2 N–H and O–H groups in total. The van der Waals surface area contributed by atoms with Gasteiger partial charge in [-0.05, 0) is 10.4 Å². The molecule has 13 nitrogen and oxygen atoms in total. The number of rotatable bonds is 5. The average Bonchev–Trinajstić information content (AvgIpc) is 2.92. The number of amides is 2. The number of tetrazole rings is 1. The molecular weight excluding hydrogens is 347 g/mol. The number of methoxy groups -OCH3 is 1. The van der Waals surface area contributed by atoms with Gasteiger partial charge in [-0.2, -0.15) is 12.7 Å². The van der Waals surface area contributed by atoms with Gasteiger partial charge in [-0.25, -0.2) is 9.48 Å². The first-order valence-corrected chi connectivity index (χ1v) is 7.04. The molecule has 1 aliphatic heterocycles. The molecule has 2 atom stereocenters. The van der Waals surface area contributed by atoms with Gasteiger partial charge in [-0.15, -0.1) is 5.10 Å². The number of esters is 1. The molecule has 122 valence electrons. The van der Waals surface area contributed by atoms with E-state index in [9.17, 15) is 22.8 Å². The summed E-state index contributed by atoms with van der Waals surface area (Å²) in [4.78, 5) is 34.9. The Labute approximate surface area is 153 Å². The molecule has 1 aromatic rings. The van der Waals surface area contributed by atoms with E-state index in [2.05, 4.69) is 25.6 Å². The zero-order chi connectivity index (χ0) is 16.5. The van der Waals surface area contributed by atoms with Gasteiger partial charge in [-0.1, -0.05) is 0 Å². The summed E-state index contributed by atoms with van der Waals surface area (Å²) in [5.41, 5.74) is 0. The zero-order valence-corrected chi connectivity index (χ0v) is 14.8. The van der Waals surface area contributed by atoms with Crippen LogP contribution in [0.25, 0.3) is 0 Å². The Balaban J connectivity index is 0.00000264. The van der Waals surface area contributed by atoms with Gasteiger partial charge >= 0.3 is 45.8 Å². The molecule has 15 heteroatoms. The SMILES string of the molecule is COC(=O)C1C(NC(=O)Cn2cnnn2)C(=O)N1S(=O)(=O)O.[H-].[Na+]. The summed E-state index contributed by atoms with van der Waals surface area (Å²) >= 11 is 0. The van der Waals surface area contributed by atoms with Crippen molar-refractivity contribution in [3.63, 3.8) is 0 Å². The van der Waals surface area contributed by atoms with Crippen LogP contribution < -0.4 is 34.9 Å². The standard InChI is InChI=1S/C8H10N6O7S.Na.H/c1-21-8(17)6-5(7(16)14(6)22(18,19)20)10-4(15)2-13-3-9-11-12-13;;/h3,5-6H,2H2,1H3,(H,10,15)(H,18,19,20);;/q;+1;-1. The van der Waals surface area contributed by atoms with Crippen LogP contribution >= 0.6 is 0 Å². The molecule has 23 heavy (non-hydrogen) atoms. The van der Waals surface area contributed by atoms with Crippen molar-refractivity contribution >= 4 is 28.1 Å². The van der Waals surface area contributed by atoms with E-state index in [1.807, 2.05) is 0 Å². The molecule has 2 unspecified atom stereocenters. The Morgan fingerprint density at radius 1 is 1.52 bits per heavy atom. The van der Waals surface area contributed by atoms with Crippen molar-refractivity contribution < 1.29 is 63.1 Å². The summed E-state index contributed by atoms with van der Waals surface area (Å²) in [6.45, 7) is -0.351. The van der Waals surface area contributed by atoms with Crippen LogP contribution in [-0.2, 0) is 36.0 Å². The van der Waals surface area contributed by atoms with Gasteiger partial charge in [-0.3, -0.25) is 14.1 Å². The smallest absolute Gasteiger partial charge is 1.00 e. The third kappa shape index (κ3) is 4.03. The van der Waals surface area contributed by atoms with Gasteiger partial charge in [0, 0.05) is 0 Å². The van der Waals surface area contributed by atoms with Crippen LogP contribution in [0.2, 0.25) is 0 Å². The quantitative estimate of drug-likeness (QED) is 0.223. The summed E-state index contributed by atoms with van der Waals surface area (Å²) in [6.07, 6.45) is 1.14. The van der Waals surface area contributed by atoms with E-state index in [1.165, 1.54) is 0 Å². The van der Waals surface area contributed by atoms with Gasteiger partial charge in [0.2, 0.25) is 5.91 Å². The van der Waals surface area contributed by atoms with Crippen LogP contribution in [-0.4, -0.2) is 74.5 Å². The minimum Gasteiger partial charge on any atom is -1.00 e. The molecule has 2 heterocycles. The molecule has 2 amide bonds. The number of ether oxygens (including phenoxy) is 1. The molecule has 0 spiro atoms. The van der Waals surface area contributed by atoms with Gasteiger partial charge in [0.05, 0.1) is 7.11 Å². The fourth-order valence-electron chi connectivity index (χ4n) is 1.83. The number of β-lactam (4-membered cyclic amide) rings is 1.